The minimum absolute atomic E-state index is 0.369. The summed E-state index contributed by atoms with van der Waals surface area (Å²) in [5.41, 5.74) is 1.87. The molecule has 74 valence electrons. The largest absolute Gasteiger partial charge is 0.267 e. The first kappa shape index (κ1) is 9.12. The summed E-state index contributed by atoms with van der Waals surface area (Å²) in [6.45, 7) is 6.30. The molecule has 14 heavy (non-hydrogen) atoms. The Bertz CT molecular complexity index is 444. The first-order chi connectivity index (χ1) is 6.72. The summed E-state index contributed by atoms with van der Waals surface area (Å²) in [4.78, 5) is 8.38. The van der Waals surface area contributed by atoms with Gasteiger partial charge in [0, 0.05) is 12.2 Å². The van der Waals surface area contributed by atoms with Crippen LogP contribution in [0, 0.1) is 0 Å². The molecule has 0 unspecified atom stereocenters. The zero-order valence-electron chi connectivity index (χ0n) is 8.73. The van der Waals surface area contributed by atoms with E-state index in [4.69, 9.17) is 0 Å². The van der Waals surface area contributed by atoms with Crippen LogP contribution in [0.5, 0.6) is 0 Å². The van der Waals surface area contributed by atoms with Gasteiger partial charge in [0.05, 0.1) is 11.1 Å². The van der Waals surface area contributed by atoms with E-state index in [1.165, 1.54) is 0 Å². The summed E-state index contributed by atoms with van der Waals surface area (Å²) in [5, 5.41) is 5.46. The summed E-state index contributed by atoms with van der Waals surface area (Å²) >= 11 is 0. The Morgan fingerprint density at radius 1 is 1.36 bits per heavy atom. The topological polar surface area (TPSA) is 43.6 Å². The Hall–Kier alpha value is -1.45. The van der Waals surface area contributed by atoms with Crippen molar-refractivity contribution in [2.75, 3.05) is 0 Å². The number of fused-ring (bicyclic) bond motifs is 1. The Labute approximate surface area is 83.0 Å². The average Bonchev–Trinajstić information content (AvgIpc) is 2.60. The Morgan fingerprint density at radius 2 is 2.14 bits per heavy atom. The zero-order chi connectivity index (χ0) is 10.1. The van der Waals surface area contributed by atoms with E-state index >= 15 is 0 Å². The molecule has 0 N–H and O–H groups in total. The second-order valence-corrected chi connectivity index (χ2v) is 3.61. The molecule has 0 atom stereocenters. The van der Waals surface area contributed by atoms with Crippen molar-refractivity contribution in [3.8, 4) is 0 Å². The van der Waals surface area contributed by atoms with Crippen molar-refractivity contribution in [1.82, 2.24) is 19.7 Å². The highest BCUT2D eigenvalue weighted by molar-refractivity contribution is 5.76. The van der Waals surface area contributed by atoms with Crippen LogP contribution in [0.25, 0.3) is 11.0 Å². The van der Waals surface area contributed by atoms with Gasteiger partial charge in [0.2, 0.25) is 0 Å². The average molecular weight is 190 g/mol. The zero-order valence-corrected chi connectivity index (χ0v) is 8.73. The van der Waals surface area contributed by atoms with Gasteiger partial charge in [-0.2, -0.15) is 5.10 Å². The van der Waals surface area contributed by atoms with E-state index in [0.29, 0.717) is 6.04 Å². The Kier molecular flexibility index (Phi) is 2.19. The minimum Gasteiger partial charge on any atom is -0.267 e. The van der Waals surface area contributed by atoms with Gasteiger partial charge in [0.1, 0.15) is 6.33 Å². The molecule has 2 rings (SSSR count). The van der Waals surface area contributed by atoms with Crippen molar-refractivity contribution in [3.63, 3.8) is 0 Å². The molecule has 0 aliphatic heterocycles. The summed E-state index contributed by atoms with van der Waals surface area (Å²) < 4.78 is 1.93. The second-order valence-electron chi connectivity index (χ2n) is 3.61. The monoisotopic (exact) mass is 190 g/mol. The molecule has 0 bridgehead atoms. The van der Waals surface area contributed by atoms with Crippen LogP contribution in [0.4, 0.5) is 0 Å². The van der Waals surface area contributed by atoms with E-state index in [9.17, 15) is 0 Å². The predicted molar refractivity (Wildman–Crippen MR) is 55.1 cm³/mol. The quantitative estimate of drug-likeness (QED) is 0.727. The molecule has 0 amide bonds. The fourth-order valence-electron chi connectivity index (χ4n) is 1.45. The standard InChI is InChI=1S/C10H14N4/c1-4-9-8-5-14(7(2)3)13-10(8)12-6-11-9/h5-7H,4H2,1-3H3. The van der Waals surface area contributed by atoms with E-state index < -0.39 is 0 Å². The molecule has 0 aliphatic carbocycles. The maximum atomic E-state index is 4.39. The van der Waals surface area contributed by atoms with Crippen LogP contribution < -0.4 is 0 Å². The second kappa shape index (κ2) is 3.36. The molecule has 0 radical (unpaired) electrons. The van der Waals surface area contributed by atoms with Crippen molar-refractivity contribution in [2.45, 2.75) is 33.2 Å². The number of aryl methyl sites for hydroxylation is 1. The minimum atomic E-state index is 0.369. The van der Waals surface area contributed by atoms with Crippen LogP contribution >= 0.6 is 0 Å². The molecule has 0 aliphatic rings. The van der Waals surface area contributed by atoms with Crippen LogP contribution in [0.3, 0.4) is 0 Å². The maximum Gasteiger partial charge on any atom is 0.184 e. The van der Waals surface area contributed by atoms with Gasteiger partial charge >= 0.3 is 0 Å². The first-order valence-corrected chi connectivity index (χ1v) is 4.91. The SMILES string of the molecule is CCc1ncnc2nn(C(C)C)cc12. The molecule has 0 saturated carbocycles. The molecule has 0 fully saturated rings. The summed E-state index contributed by atoms with van der Waals surface area (Å²) in [7, 11) is 0. The lowest BCUT2D eigenvalue weighted by Crippen LogP contribution is -2.00. The smallest absolute Gasteiger partial charge is 0.184 e. The summed E-state index contributed by atoms with van der Waals surface area (Å²) in [6.07, 6.45) is 4.53. The van der Waals surface area contributed by atoms with Crippen LogP contribution in [0.1, 0.15) is 32.5 Å². The van der Waals surface area contributed by atoms with Gasteiger partial charge in [-0.05, 0) is 20.3 Å². The summed E-state index contributed by atoms with van der Waals surface area (Å²) in [5.74, 6) is 0. The van der Waals surface area contributed by atoms with E-state index in [-0.39, 0.29) is 0 Å². The van der Waals surface area contributed by atoms with Crippen molar-refractivity contribution < 1.29 is 0 Å². The third-order valence-electron chi connectivity index (χ3n) is 2.28. The molecule has 2 aromatic heterocycles. The van der Waals surface area contributed by atoms with E-state index in [1.54, 1.807) is 6.33 Å². The van der Waals surface area contributed by atoms with Crippen LogP contribution in [0.15, 0.2) is 12.5 Å². The number of hydrogen-bond donors (Lipinski definition) is 0. The highest BCUT2D eigenvalue weighted by Crippen LogP contribution is 2.15. The number of aromatic nitrogens is 4. The lowest BCUT2D eigenvalue weighted by molar-refractivity contribution is 0.536. The molecule has 0 spiro atoms. The van der Waals surface area contributed by atoms with Crippen LogP contribution in [0.2, 0.25) is 0 Å². The van der Waals surface area contributed by atoms with Crippen molar-refractivity contribution in [3.05, 3.63) is 18.2 Å². The van der Waals surface area contributed by atoms with E-state index in [2.05, 4.69) is 35.8 Å². The highest BCUT2D eigenvalue weighted by atomic mass is 15.3. The van der Waals surface area contributed by atoms with Crippen LogP contribution in [-0.2, 0) is 6.42 Å². The van der Waals surface area contributed by atoms with Gasteiger partial charge in [-0.15, -0.1) is 0 Å². The predicted octanol–water partition coefficient (Wildman–Crippen LogP) is 1.97. The normalized spacial score (nSPS) is 11.4. The fraction of sp³-hybridized carbons (Fsp3) is 0.500. The number of hydrogen-bond acceptors (Lipinski definition) is 3. The lowest BCUT2D eigenvalue weighted by atomic mass is 10.2. The lowest BCUT2D eigenvalue weighted by Gasteiger charge is -2.01. The van der Waals surface area contributed by atoms with Crippen molar-refractivity contribution >= 4 is 11.0 Å². The highest BCUT2D eigenvalue weighted by Gasteiger charge is 2.07. The summed E-state index contributed by atoms with van der Waals surface area (Å²) in [6, 6.07) is 0.369. The van der Waals surface area contributed by atoms with Gasteiger partial charge in [-0.1, -0.05) is 6.92 Å². The third kappa shape index (κ3) is 1.36. The third-order valence-corrected chi connectivity index (χ3v) is 2.28. The van der Waals surface area contributed by atoms with E-state index in [0.717, 1.165) is 23.1 Å². The van der Waals surface area contributed by atoms with Gasteiger partial charge in [0.25, 0.3) is 0 Å². The molecule has 0 aromatic carbocycles. The molecule has 2 heterocycles. The van der Waals surface area contributed by atoms with E-state index in [1.807, 2.05) is 10.9 Å². The van der Waals surface area contributed by atoms with Crippen LogP contribution in [-0.4, -0.2) is 19.7 Å². The van der Waals surface area contributed by atoms with Crippen molar-refractivity contribution in [1.29, 1.82) is 0 Å². The van der Waals surface area contributed by atoms with Crippen molar-refractivity contribution in [2.24, 2.45) is 0 Å². The van der Waals surface area contributed by atoms with Gasteiger partial charge in [0.15, 0.2) is 5.65 Å². The fourth-order valence-corrected chi connectivity index (χ4v) is 1.45. The van der Waals surface area contributed by atoms with Gasteiger partial charge in [-0.25, -0.2) is 9.97 Å². The molecule has 2 aromatic rings. The first-order valence-electron chi connectivity index (χ1n) is 4.91. The number of nitrogens with zero attached hydrogens (tertiary/aromatic N) is 4. The maximum absolute atomic E-state index is 4.39. The molecule has 0 saturated heterocycles. The Balaban J connectivity index is 2.64. The molecular weight excluding hydrogens is 176 g/mol. The Morgan fingerprint density at radius 3 is 2.79 bits per heavy atom. The number of rotatable bonds is 2. The molecule has 4 nitrogen and oxygen atoms in total. The van der Waals surface area contributed by atoms with Gasteiger partial charge < -0.3 is 0 Å². The van der Waals surface area contributed by atoms with Gasteiger partial charge in [-0.3, -0.25) is 4.68 Å². The molecule has 4 heteroatoms. The molecular formula is C10H14N4.